The normalized spacial score (nSPS) is 10.6. The molecule has 0 aliphatic carbocycles. The molecular weight excluding hydrogens is 354 g/mol. The third-order valence-electron chi connectivity index (χ3n) is 4.27. The van der Waals surface area contributed by atoms with Gasteiger partial charge in [-0.1, -0.05) is 48.9 Å². The number of hydrogen-bond donors (Lipinski definition) is 2. The van der Waals surface area contributed by atoms with Crippen molar-refractivity contribution in [3.63, 3.8) is 0 Å². The lowest BCUT2D eigenvalue weighted by molar-refractivity contribution is -0.123. The molecule has 2 N–H and O–H groups in total. The Kier molecular flexibility index (Phi) is 8.49. The molecule has 0 bridgehead atoms. The number of ether oxygens (including phenoxy) is 1. The van der Waals surface area contributed by atoms with Crippen LogP contribution in [0.4, 0.5) is 5.69 Å². The van der Waals surface area contributed by atoms with E-state index in [1.165, 1.54) is 5.56 Å². The van der Waals surface area contributed by atoms with Crippen LogP contribution >= 0.6 is 0 Å². The Morgan fingerprint density at radius 3 is 2.36 bits per heavy atom. The second-order valence-electron chi connectivity index (χ2n) is 6.72. The van der Waals surface area contributed by atoms with Crippen LogP contribution in [0, 0.1) is 6.92 Å². The fourth-order valence-electron chi connectivity index (χ4n) is 2.84. The number of benzene rings is 2. The molecule has 0 spiro atoms. The molecule has 0 aliphatic heterocycles. The van der Waals surface area contributed by atoms with E-state index >= 15 is 0 Å². The molecule has 2 aromatic carbocycles. The Morgan fingerprint density at radius 2 is 1.68 bits per heavy atom. The van der Waals surface area contributed by atoms with E-state index in [0.29, 0.717) is 24.5 Å². The Hall–Kier alpha value is -2.86. The summed E-state index contributed by atoms with van der Waals surface area (Å²) in [5.41, 5.74) is 2.86. The van der Waals surface area contributed by atoms with Crippen LogP contribution < -0.4 is 15.4 Å². The maximum Gasteiger partial charge on any atom is 0.238 e. The maximum atomic E-state index is 12.4. The van der Waals surface area contributed by atoms with Crippen molar-refractivity contribution in [1.29, 1.82) is 0 Å². The molecule has 0 atom stereocenters. The Morgan fingerprint density at radius 1 is 1.00 bits per heavy atom. The van der Waals surface area contributed by atoms with Crippen LogP contribution in [0.15, 0.2) is 48.5 Å². The van der Waals surface area contributed by atoms with Gasteiger partial charge in [0.2, 0.25) is 11.8 Å². The van der Waals surface area contributed by atoms with Crippen LogP contribution in [0.3, 0.4) is 0 Å². The van der Waals surface area contributed by atoms with Crippen molar-refractivity contribution < 1.29 is 14.3 Å². The van der Waals surface area contributed by atoms with Crippen molar-refractivity contribution in [1.82, 2.24) is 10.2 Å². The van der Waals surface area contributed by atoms with Gasteiger partial charge in [0.15, 0.2) is 0 Å². The minimum absolute atomic E-state index is 0.0980. The third kappa shape index (κ3) is 7.04. The number of carbonyl (C=O) groups is 2. The predicted molar refractivity (Wildman–Crippen MR) is 111 cm³/mol. The molecule has 2 rings (SSSR count). The second kappa shape index (κ2) is 11.1. The second-order valence-corrected chi connectivity index (χ2v) is 6.72. The van der Waals surface area contributed by atoms with E-state index in [9.17, 15) is 9.59 Å². The van der Waals surface area contributed by atoms with Crippen molar-refractivity contribution >= 4 is 17.5 Å². The highest BCUT2D eigenvalue weighted by molar-refractivity contribution is 5.94. The molecule has 2 aromatic rings. The van der Waals surface area contributed by atoms with Gasteiger partial charge in [-0.15, -0.1) is 0 Å². The van der Waals surface area contributed by atoms with E-state index in [1.807, 2.05) is 55.1 Å². The lowest BCUT2D eigenvalue weighted by Crippen LogP contribution is -2.41. The lowest BCUT2D eigenvalue weighted by Gasteiger charge is -2.21. The molecule has 0 aliphatic rings. The van der Waals surface area contributed by atoms with E-state index in [2.05, 4.69) is 10.6 Å². The van der Waals surface area contributed by atoms with Gasteiger partial charge in [0.05, 0.1) is 25.9 Å². The van der Waals surface area contributed by atoms with Crippen LogP contribution in [0.25, 0.3) is 0 Å². The Bertz CT molecular complexity index is 775. The number of hydrogen-bond acceptors (Lipinski definition) is 4. The summed E-state index contributed by atoms with van der Waals surface area (Å²) in [6.07, 6.45) is 0.854. The molecule has 28 heavy (non-hydrogen) atoms. The van der Waals surface area contributed by atoms with E-state index in [0.717, 1.165) is 12.0 Å². The molecule has 150 valence electrons. The number of amides is 2. The largest absolute Gasteiger partial charge is 0.495 e. The monoisotopic (exact) mass is 383 g/mol. The molecule has 0 unspecified atom stereocenters. The number of nitrogens with zero attached hydrogens (tertiary/aromatic N) is 1. The molecule has 2 amide bonds. The molecule has 0 fully saturated rings. The molecule has 0 radical (unpaired) electrons. The number of aryl methyl sites for hydroxylation is 1. The molecule has 6 nitrogen and oxygen atoms in total. The van der Waals surface area contributed by atoms with Crippen LogP contribution in [0.1, 0.15) is 24.5 Å². The zero-order valence-electron chi connectivity index (χ0n) is 16.8. The topological polar surface area (TPSA) is 70.7 Å². The van der Waals surface area contributed by atoms with Gasteiger partial charge in [0.1, 0.15) is 5.75 Å². The number of methoxy groups -OCH3 is 1. The summed E-state index contributed by atoms with van der Waals surface area (Å²) >= 11 is 0. The SMILES string of the molecule is CCCN(CC(=O)NCc1ccc(C)cc1)CC(=O)Nc1ccccc1OC. The number of para-hydroxylation sites is 2. The standard InChI is InChI=1S/C22H29N3O3/c1-4-13-25(15-21(26)23-14-18-11-9-17(2)10-12-18)16-22(27)24-19-7-5-6-8-20(19)28-3/h5-12H,4,13-16H2,1-3H3,(H,23,26)(H,24,27). The summed E-state index contributed by atoms with van der Waals surface area (Å²) in [6, 6.07) is 15.3. The average molecular weight is 383 g/mol. The van der Waals surface area contributed by atoms with Gasteiger partial charge in [-0.2, -0.15) is 0 Å². The molecule has 0 aromatic heterocycles. The third-order valence-corrected chi connectivity index (χ3v) is 4.27. The minimum Gasteiger partial charge on any atom is -0.495 e. The summed E-state index contributed by atoms with van der Waals surface area (Å²) in [7, 11) is 1.56. The summed E-state index contributed by atoms with van der Waals surface area (Å²) in [4.78, 5) is 26.6. The first-order chi connectivity index (χ1) is 13.5. The Balaban J connectivity index is 1.86. The van der Waals surface area contributed by atoms with E-state index in [1.54, 1.807) is 19.2 Å². The van der Waals surface area contributed by atoms with Crippen LogP contribution in [-0.2, 0) is 16.1 Å². The minimum atomic E-state index is -0.177. The van der Waals surface area contributed by atoms with Gasteiger partial charge in [-0.25, -0.2) is 0 Å². The highest BCUT2D eigenvalue weighted by Gasteiger charge is 2.15. The Labute approximate surface area is 166 Å². The van der Waals surface area contributed by atoms with Crippen molar-refractivity contribution in [2.24, 2.45) is 0 Å². The number of anilines is 1. The molecule has 0 saturated heterocycles. The fourth-order valence-corrected chi connectivity index (χ4v) is 2.84. The van der Waals surface area contributed by atoms with Crippen molar-refractivity contribution in [2.75, 3.05) is 32.1 Å². The van der Waals surface area contributed by atoms with Gasteiger partial charge in [-0.05, 0) is 37.6 Å². The molecular formula is C22H29N3O3. The maximum absolute atomic E-state index is 12.4. The van der Waals surface area contributed by atoms with Crippen LogP contribution in [0.5, 0.6) is 5.75 Å². The molecule has 6 heteroatoms. The zero-order chi connectivity index (χ0) is 20.4. The molecule has 0 saturated carbocycles. The first-order valence-corrected chi connectivity index (χ1v) is 9.49. The van der Waals surface area contributed by atoms with E-state index < -0.39 is 0 Å². The van der Waals surface area contributed by atoms with Gasteiger partial charge in [0.25, 0.3) is 0 Å². The number of nitrogens with one attached hydrogen (secondary N) is 2. The smallest absolute Gasteiger partial charge is 0.238 e. The summed E-state index contributed by atoms with van der Waals surface area (Å²) < 4.78 is 5.25. The summed E-state index contributed by atoms with van der Waals surface area (Å²) in [6.45, 7) is 5.52. The van der Waals surface area contributed by atoms with Gasteiger partial charge >= 0.3 is 0 Å². The summed E-state index contributed by atoms with van der Waals surface area (Å²) in [5, 5.41) is 5.77. The predicted octanol–water partition coefficient (Wildman–Crippen LogP) is 2.97. The first kappa shape index (κ1) is 21.4. The van der Waals surface area contributed by atoms with E-state index in [-0.39, 0.29) is 24.9 Å². The van der Waals surface area contributed by atoms with Gasteiger partial charge < -0.3 is 15.4 Å². The van der Waals surface area contributed by atoms with E-state index in [4.69, 9.17) is 4.74 Å². The van der Waals surface area contributed by atoms with Crippen LogP contribution in [-0.4, -0.2) is 43.5 Å². The molecule has 0 heterocycles. The lowest BCUT2D eigenvalue weighted by atomic mass is 10.1. The fraction of sp³-hybridized carbons (Fsp3) is 0.364. The van der Waals surface area contributed by atoms with Gasteiger partial charge in [-0.3, -0.25) is 14.5 Å². The first-order valence-electron chi connectivity index (χ1n) is 9.49. The quantitative estimate of drug-likeness (QED) is 0.662. The summed E-state index contributed by atoms with van der Waals surface area (Å²) in [5.74, 6) is 0.331. The van der Waals surface area contributed by atoms with Gasteiger partial charge in [0, 0.05) is 6.54 Å². The van der Waals surface area contributed by atoms with Crippen LogP contribution in [0.2, 0.25) is 0 Å². The highest BCUT2D eigenvalue weighted by Crippen LogP contribution is 2.22. The van der Waals surface area contributed by atoms with Crippen molar-refractivity contribution in [2.45, 2.75) is 26.8 Å². The zero-order valence-corrected chi connectivity index (χ0v) is 16.8. The van der Waals surface area contributed by atoms with Crippen molar-refractivity contribution in [3.05, 3.63) is 59.7 Å². The van der Waals surface area contributed by atoms with Crippen molar-refractivity contribution in [3.8, 4) is 5.75 Å². The average Bonchev–Trinajstić information content (AvgIpc) is 2.68. The number of rotatable bonds is 10. The highest BCUT2D eigenvalue weighted by atomic mass is 16.5. The number of carbonyl (C=O) groups excluding carboxylic acids is 2.